The van der Waals surface area contributed by atoms with E-state index in [1.165, 1.54) is 19.6 Å². The fraction of sp³-hybridized carbons (Fsp3) is 0.774. The molecule has 228 valence electrons. The zero-order chi connectivity index (χ0) is 31.1. The van der Waals surface area contributed by atoms with Gasteiger partial charge in [-0.1, -0.05) is 27.7 Å². The van der Waals surface area contributed by atoms with E-state index in [0.29, 0.717) is 5.56 Å². The average molecular weight is 584 g/mol. The highest BCUT2D eigenvalue weighted by atomic mass is 16.7. The minimum Gasteiger partial charge on any atom is -0.481 e. The molecule has 3 bridgehead atoms. The van der Waals surface area contributed by atoms with E-state index in [1.807, 2.05) is 13.8 Å². The Hall–Kier alpha value is -2.21. The molecule has 5 aliphatic rings. The maximum atomic E-state index is 14.2. The Balaban J connectivity index is 1.68. The number of hydrogen-bond acceptors (Lipinski definition) is 9. The summed E-state index contributed by atoms with van der Waals surface area (Å²) in [6.07, 6.45) is 0.0864. The van der Waals surface area contributed by atoms with Gasteiger partial charge in [-0.05, 0) is 51.0 Å². The van der Waals surface area contributed by atoms with Crippen LogP contribution < -0.4 is 0 Å². The Labute approximate surface area is 246 Å². The van der Waals surface area contributed by atoms with E-state index in [2.05, 4.69) is 0 Å². The molecule has 2 spiro atoms. The molecule has 5 fully saturated rings. The summed E-state index contributed by atoms with van der Waals surface area (Å²) >= 11 is 0. The molecular weight excluding hydrogens is 543 g/mol. The molecule has 2 heterocycles. The summed E-state index contributed by atoms with van der Waals surface area (Å²) in [5.74, 6) is -4.73. The highest BCUT2D eigenvalue weighted by Gasteiger charge is 2.96. The van der Waals surface area contributed by atoms with E-state index in [1.54, 1.807) is 33.8 Å². The number of fused-ring (bicyclic) bond motifs is 1. The summed E-state index contributed by atoms with van der Waals surface area (Å²) in [5, 5.41) is 33.4. The molecule has 2 radical (unpaired) electrons. The third kappa shape index (κ3) is 2.86. The van der Waals surface area contributed by atoms with Gasteiger partial charge in [0.15, 0.2) is 11.6 Å². The van der Waals surface area contributed by atoms with Crippen molar-refractivity contribution in [1.82, 2.24) is 0 Å². The minimum absolute atomic E-state index is 0.0612. The first-order chi connectivity index (χ1) is 19.3. The summed E-state index contributed by atoms with van der Waals surface area (Å²) in [6.45, 7) is 10.8. The number of esters is 1. The molecule has 0 aromatic carbocycles. The molecule has 11 atom stereocenters. The number of carbonyl (C=O) groups excluding carboxylic acids is 2. The van der Waals surface area contributed by atoms with E-state index in [0.717, 1.165) is 0 Å². The lowest BCUT2D eigenvalue weighted by Crippen LogP contribution is -2.89. The molecule has 4 saturated carbocycles. The van der Waals surface area contributed by atoms with Crippen LogP contribution in [0.4, 0.5) is 0 Å². The molecule has 10 nitrogen and oxygen atoms in total. The van der Waals surface area contributed by atoms with Crippen molar-refractivity contribution in [2.75, 3.05) is 7.11 Å². The number of methoxy groups -OCH3 is 1. The quantitative estimate of drug-likeness (QED) is 0.258. The van der Waals surface area contributed by atoms with E-state index < -0.39 is 86.4 Å². The fourth-order valence-corrected chi connectivity index (χ4v) is 11.6. The first-order valence-electron chi connectivity index (χ1n) is 14.7. The van der Waals surface area contributed by atoms with Crippen molar-refractivity contribution in [2.45, 2.75) is 108 Å². The predicted molar refractivity (Wildman–Crippen MR) is 147 cm³/mol. The van der Waals surface area contributed by atoms with E-state index in [4.69, 9.17) is 26.5 Å². The monoisotopic (exact) mass is 584 g/mol. The van der Waals surface area contributed by atoms with Gasteiger partial charge in [0, 0.05) is 39.8 Å². The number of carbonyl (C=O) groups is 3. The van der Waals surface area contributed by atoms with Crippen LogP contribution in [0, 0.1) is 33.5 Å². The Morgan fingerprint density at radius 1 is 0.976 bits per heavy atom. The first kappa shape index (κ1) is 29.8. The lowest BCUT2D eigenvalue weighted by molar-refractivity contribution is -0.494. The van der Waals surface area contributed by atoms with Crippen molar-refractivity contribution in [3.05, 3.63) is 24.2 Å². The zero-order valence-corrected chi connectivity index (χ0v) is 25.4. The molecule has 11 unspecified atom stereocenters. The van der Waals surface area contributed by atoms with E-state index in [-0.39, 0.29) is 31.5 Å². The van der Waals surface area contributed by atoms with Crippen LogP contribution >= 0.6 is 0 Å². The SMILES string of the molecule is [B]C12C(O)C3(C)CC14OC(C)(C)OC1(CCC(C)(C(=O)c5ccoc5)C(CC(=O)O)C1(C)C2O)C4(C)C3CC(=O)OC. The molecule has 0 amide bonds. The smallest absolute Gasteiger partial charge is 0.305 e. The molecule has 11 heteroatoms. The molecule has 1 aromatic heterocycles. The maximum Gasteiger partial charge on any atom is 0.305 e. The van der Waals surface area contributed by atoms with Crippen molar-refractivity contribution in [1.29, 1.82) is 0 Å². The number of aliphatic hydroxyl groups excluding tert-OH is 2. The van der Waals surface area contributed by atoms with Crippen LogP contribution in [-0.4, -0.2) is 77.2 Å². The first-order valence-corrected chi connectivity index (χ1v) is 14.7. The Kier molecular flexibility index (Phi) is 5.89. The summed E-state index contributed by atoms with van der Waals surface area (Å²) in [4.78, 5) is 39.8. The van der Waals surface area contributed by atoms with Crippen LogP contribution in [-0.2, 0) is 23.8 Å². The lowest BCUT2D eigenvalue weighted by Gasteiger charge is -2.83. The lowest BCUT2D eigenvalue weighted by atomic mass is 9.25. The Bertz CT molecular complexity index is 1360. The van der Waals surface area contributed by atoms with Crippen molar-refractivity contribution in [3.8, 4) is 0 Å². The van der Waals surface area contributed by atoms with Crippen molar-refractivity contribution in [2.24, 2.45) is 33.5 Å². The normalized spacial score (nSPS) is 51.5. The van der Waals surface area contributed by atoms with Gasteiger partial charge in [-0.3, -0.25) is 14.4 Å². The second-order valence-corrected chi connectivity index (χ2v) is 14.9. The number of aliphatic hydroxyl groups is 2. The van der Waals surface area contributed by atoms with Gasteiger partial charge in [0.05, 0.1) is 50.2 Å². The van der Waals surface area contributed by atoms with Crippen LogP contribution in [0.2, 0.25) is 5.31 Å². The second-order valence-electron chi connectivity index (χ2n) is 14.9. The van der Waals surface area contributed by atoms with Gasteiger partial charge >= 0.3 is 11.9 Å². The number of ether oxygens (including phenoxy) is 3. The number of aliphatic carboxylic acids is 1. The minimum atomic E-state index is -1.78. The van der Waals surface area contributed by atoms with Gasteiger partial charge in [0.2, 0.25) is 0 Å². The largest absolute Gasteiger partial charge is 0.481 e. The highest BCUT2D eigenvalue weighted by Crippen LogP contribution is 2.91. The molecule has 3 N–H and O–H groups in total. The number of hydrogen-bond donors (Lipinski definition) is 3. The molecule has 4 aliphatic carbocycles. The summed E-state index contributed by atoms with van der Waals surface area (Å²) in [7, 11) is 8.64. The molecular formula is C31H41BO10. The standard InChI is InChI=1S/C31H41BO10/c1-24(2)41-29-10-9-25(3,21(36)16-8-11-40-14-16)17(12-19(33)34)27(29,5)23(38)31(32)22(37)26(4)15-30(31,42-24)28(29,6)18(26)13-20(35)39-7/h8,11,14,17-18,22-23,37-38H,9-10,12-13,15H2,1-7H3,(H,33,34). The Morgan fingerprint density at radius 2 is 1.62 bits per heavy atom. The number of Topliss-reactive ketones (excluding diaryl/α,β-unsaturated/α-hetero) is 1. The molecule has 42 heavy (non-hydrogen) atoms. The van der Waals surface area contributed by atoms with Crippen LogP contribution in [0.5, 0.6) is 0 Å². The predicted octanol–water partition coefficient (Wildman–Crippen LogP) is 3.29. The summed E-state index contributed by atoms with van der Waals surface area (Å²) < 4.78 is 24.2. The molecule has 1 saturated heterocycles. The maximum absolute atomic E-state index is 14.2. The third-order valence-electron chi connectivity index (χ3n) is 13.1. The van der Waals surface area contributed by atoms with Crippen LogP contribution in [0.15, 0.2) is 23.0 Å². The highest BCUT2D eigenvalue weighted by molar-refractivity contribution is 6.18. The van der Waals surface area contributed by atoms with Crippen LogP contribution in [0.3, 0.4) is 0 Å². The van der Waals surface area contributed by atoms with E-state index in [9.17, 15) is 29.7 Å². The molecule has 6 rings (SSSR count). The number of carboxylic acids is 1. The van der Waals surface area contributed by atoms with Crippen LogP contribution in [0.1, 0.15) is 84.0 Å². The number of ketones is 1. The number of rotatable bonds is 6. The fourth-order valence-electron chi connectivity index (χ4n) is 11.6. The van der Waals surface area contributed by atoms with Gasteiger partial charge in [0.1, 0.15) is 6.26 Å². The van der Waals surface area contributed by atoms with Gasteiger partial charge in [-0.15, -0.1) is 0 Å². The van der Waals surface area contributed by atoms with Gasteiger partial charge < -0.3 is 33.9 Å². The zero-order valence-electron chi connectivity index (χ0n) is 25.4. The topological polar surface area (TPSA) is 153 Å². The molecule has 1 aliphatic heterocycles. The summed E-state index contributed by atoms with van der Waals surface area (Å²) in [5.41, 5.74) is -7.18. The van der Waals surface area contributed by atoms with E-state index >= 15 is 0 Å². The number of carboxylic acid groups (broad SMARTS) is 1. The van der Waals surface area contributed by atoms with Crippen molar-refractivity contribution in [3.63, 3.8) is 0 Å². The Morgan fingerprint density at radius 3 is 2.19 bits per heavy atom. The van der Waals surface area contributed by atoms with Crippen molar-refractivity contribution < 1.29 is 48.3 Å². The third-order valence-corrected chi connectivity index (χ3v) is 13.1. The van der Waals surface area contributed by atoms with Crippen LogP contribution in [0.25, 0.3) is 0 Å². The van der Waals surface area contributed by atoms with Gasteiger partial charge in [-0.25, -0.2) is 0 Å². The average Bonchev–Trinajstić information content (AvgIpc) is 3.56. The van der Waals surface area contributed by atoms with Gasteiger partial charge in [0.25, 0.3) is 0 Å². The molecule has 1 aromatic rings. The second kappa shape index (κ2) is 8.28. The van der Waals surface area contributed by atoms with Gasteiger partial charge in [-0.2, -0.15) is 0 Å². The summed E-state index contributed by atoms with van der Waals surface area (Å²) in [6, 6.07) is 1.55. The number of furan rings is 1. The van der Waals surface area contributed by atoms with Crippen molar-refractivity contribution >= 4 is 25.6 Å².